The summed E-state index contributed by atoms with van der Waals surface area (Å²) in [6.07, 6.45) is 2.60. The molecule has 3 rings (SSSR count). The van der Waals surface area contributed by atoms with E-state index in [-0.39, 0.29) is 35.6 Å². The summed E-state index contributed by atoms with van der Waals surface area (Å²) in [7, 11) is 1.84. The number of aliphatic imine (C=N–C) groups is 1. The van der Waals surface area contributed by atoms with Crippen molar-refractivity contribution in [3.8, 4) is 0 Å². The van der Waals surface area contributed by atoms with Crippen LogP contribution in [0.2, 0.25) is 0 Å². The summed E-state index contributed by atoms with van der Waals surface area (Å²) in [6.45, 7) is 13.6. The molecule has 7 heteroatoms. The fourth-order valence-electron chi connectivity index (χ4n) is 4.03. The van der Waals surface area contributed by atoms with E-state index in [1.807, 2.05) is 7.05 Å². The second kappa shape index (κ2) is 11.4. The minimum absolute atomic E-state index is 0. The first-order valence-corrected chi connectivity index (χ1v) is 10.6. The summed E-state index contributed by atoms with van der Waals surface area (Å²) in [5, 5.41) is 7.08. The van der Waals surface area contributed by atoms with Crippen LogP contribution >= 0.6 is 24.0 Å². The molecule has 2 aliphatic rings. The van der Waals surface area contributed by atoms with Gasteiger partial charge in [0.25, 0.3) is 0 Å². The monoisotopic (exact) mass is 515 g/mol. The third-order valence-electron chi connectivity index (χ3n) is 5.97. The molecule has 2 aliphatic heterocycles. The maximum atomic E-state index is 5.49. The lowest BCUT2D eigenvalue weighted by atomic mass is 10.0. The van der Waals surface area contributed by atoms with E-state index in [9.17, 15) is 0 Å². The third kappa shape index (κ3) is 6.72. The summed E-state index contributed by atoms with van der Waals surface area (Å²) >= 11 is 0. The summed E-state index contributed by atoms with van der Waals surface area (Å²) < 4.78 is 5.49. The molecule has 2 saturated heterocycles. The summed E-state index contributed by atoms with van der Waals surface area (Å²) in [4.78, 5) is 9.41. The van der Waals surface area contributed by atoms with E-state index >= 15 is 0 Å². The Balaban J connectivity index is 0.00000300. The van der Waals surface area contributed by atoms with E-state index in [4.69, 9.17) is 4.74 Å². The van der Waals surface area contributed by atoms with Crippen LogP contribution in [-0.2, 0) is 4.74 Å². The second-order valence-electron chi connectivity index (χ2n) is 8.49. The number of anilines is 1. The lowest BCUT2D eigenvalue weighted by Crippen LogP contribution is -2.56. The molecule has 0 amide bonds. The number of halogens is 1. The van der Waals surface area contributed by atoms with Gasteiger partial charge in [0.2, 0.25) is 0 Å². The van der Waals surface area contributed by atoms with Crippen molar-refractivity contribution in [1.82, 2.24) is 15.5 Å². The van der Waals surface area contributed by atoms with Crippen molar-refractivity contribution in [1.29, 1.82) is 0 Å². The Kier molecular flexibility index (Phi) is 9.49. The highest BCUT2D eigenvalue weighted by Crippen LogP contribution is 2.24. The van der Waals surface area contributed by atoms with Gasteiger partial charge in [-0.1, -0.05) is 12.1 Å². The lowest BCUT2D eigenvalue weighted by Gasteiger charge is -2.41. The minimum atomic E-state index is 0. The molecule has 2 heterocycles. The molecule has 2 fully saturated rings. The molecule has 1 aromatic rings. The molecule has 0 aliphatic carbocycles. The zero-order valence-corrected chi connectivity index (χ0v) is 20.7. The molecular formula is C22H38IN5O. The van der Waals surface area contributed by atoms with Crippen LogP contribution in [0.5, 0.6) is 0 Å². The number of nitrogens with zero attached hydrogens (tertiary/aromatic N) is 3. The molecule has 0 saturated carbocycles. The van der Waals surface area contributed by atoms with E-state index in [0.717, 1.165) is 38.8 Å². The molecule has 6 nitrogen and oxygen atoms in total. The van der Waals surface area contributed by atoms with Gasteiger partial charge in [-0.05, 0) is 51.3 Å². The Morgan fingerprint density at radius 3 is 2.52 bits per heavy atom. The van der Waals surface area contributed by atoms with Crippen LogP contribution in [0, 0.1) is 0 Å². The molecule has 0 aromatic heterocycles. The normalized spacial score (nSPS) is 19.6. The largest absolute Gasteiger partial charge is 0.379 e. The van der Waals surface area contributed by atoms with E-state index < -0.39 is 0 Å². The van der Waals surface area contributed by atoms with E-state index in [1.54, 1.807) is 0 Å². The van der Waals surface area contributed by atoms with Crippen molar-refractivity contribution in [3.63, 3.8) is 0 Å². The average Bonchev–Trinajstić information content (AvgIpc) is 3.26. The molecule has 1 unspecified atom stereocenters. The Hall–Kier alpha value is -1.06. The number of guanidine groups is 1. The van der Waals surface area contributed by atoms with Crippen LogP contribution in [0.4, 0.5) is 5.69 Å². The summed E-state index contributed by atoms with van der Waals surface area (Å²) in [5.41, 5.74) is 2.68. The second-order valence-corrected chi connectivity index (χ2v) is 8.49. The first-order chi connectivity index (χ1) is 13.5. The van der Waals surface area contributed by atoms with Crippen molar-refractivity contribution >= 4 is 35.6 Å². The van der Waals surface area contributed by atoms with E-state index in [1.165, 1.54) is 37.2 Å². The highest BCUT2D eigenvalue weighted by Gasteiger charge is 2.28. The van der Waals surface area contributed by atoms with Gasteiger partial charge in [0.15, 0.2) is 5.96 Å². The van der Waals surface area contributed by atoms with Crippen molar-refractivity contribution in [2.45, 2.75) is 45.2 Å². The Bertz CT molecular complexity index is 654. The fraction of sp³-hybridized carbons (Fsp3) is 0.682. The van der Waals surface area contributed by atoms with Gasteiger partial charge in [-0.3, -0.25) is 9.89 Å². The zero-order chi connectivity index (χ0) is 20.0. The number of morpholine rings is 1. The van der Waals surface area contributed by atoms with Gasteiger partial charge in [0.05, 0.1) is 19.3 Å². The number of hydrogen-bond acceptors (Lipinski definition) is 4. The molecule has 0 spiro atoms. The fourth-order valence-corrected chi connectivity index (χ4v) is 4.03. The Labute approximate surface area is 193 Å². The number of rotatable bonds is 6. The SMILES string of the molecule is CN=C(NCC(C)(C)N1CCOCC1)NC(C)c1cccc(N2CCCC2)c1.I. The van der Waals surface area contributed by atoms with Crippen molar-refractivity contribution < 1.29 is 4.74 Å². The maximum absolute atomic E-state index is 5.49. The Morgan fingerprint density at radius 2 is 1.86 bits per heavy atom. The molecule has 1 atom stereocenters. The van der Waals surface area contributed by atoms with Crippen LogP contribution in [0.15, 0.2) is 29.3 Å². The smallest absolute Gasteiger partial charge is 0.191 e. The van der Waals surface area contributed by atoms with Gasteiger partial charge in [-0.25, -0.2) is 0 Å². The molecule has 0 radical (unpaired) electrons. The standard InChI is InChI=1S/C22H37N5O.HI/c1-18(19-8-7-9-20(16-19)26-10-5-6-11-26)25-21(23-4)24-17-22(2,3)27-12-14-28-15-13-27;/h7-9,16,18H,5-6,10-15,17H2,1-4H3,(H2,23,24,25);1H. The topological polar surface area (TPSA) is 52.1 Å². The molecule has 1 aromatic carbocycles. The average molecular weight is 515 g/mol. The maximum Gasteiger partial charge on any atom is 0.191 e. The summed E-state index contributed by atoms with van der Waals surface area (Å²) in [6, 6.07) is 9.09. The zero-order valence-electron chi connectivity index (χ0n) is 18.4. The molecular weight excluding hydrogens is 477 g/mol. The van der Waals surface area contributed by atoms with Gasteiger partial charge in [0.1, 0.15) is 0 Å². The van der Waals surface area contributed by atoms with Gasteiger partial charge in [-0.15, -0.1) is 24.0 Å². The van der Waals surface area contributed by atoms with Crippen molar-refractivity contribution in [2.75, 3.05) is 57.9 Å². The van der Waals surface area contributed by atoms with Crippen LogP contribution in [-0.4, -0.2) is 69.4 Å². The molecule has 2 N–H and O–H groups in total. The van der Waals surface area contributed by atoms with Gasteiger partial charge in [0, 0.05) is 51.0 Å². The lowest BCUT2D eigenvalue weighted by molar-refractivity contribution is -0.00834. The number of ether oxygens (including phenoxy) is 1. The number of benzene rings is 1. The van der Waals surface area contributed by atoms with Crippen molar-refractivity contribution in [2.24, 2.45) is 4.99 Å². The van der Waals surface area contributed by atoms with Gasteiger partial charge >= 0.3 is 0 Å². The van der Waals surface area contributed by atoms with Crippen LogP contribution in [0.25, 0.3) is 0 Å². The van der Waals surface area contributed by atoms with E-state index in [2.05, 4.69) is 70.5 Å². The third-order valence-corrected chi connectivity index (χ3v) is 5.97. The number of hydrogen-bond donors (Lipinski definition) is 2. The van der Waals surface area contributed by atoms with E-state index in [0.29, 0.717) is 0 Å². The first-order valence-electron chi connectivity index (χ1n) is 10.6. The highest BCUT2D eigenvalue weighted by molar-refractivity contribution is 14.0. The minimum Gasteiger partial charge on any atom is -0.379 e. The van der Waals surface area contributed by atoms with Gasteiger partial charge < -0.3 is 20.3 Å². The van der Waals surface area contributed by atoms with Gasteiger partial charge in [-0.2, -0.15) is 0 Å². The predicted molar refractivity (Wildman–Crippen MR) is 133 cm³/mol. The number of nitrogens with one attached hydrogen (secondary N) is 2. The summed E-state index contributed by atoms with van der Waals surface area (Å²) in [5.74, 6) is 0.848. The van der Waals surface area contributed by atoms with Crippen LogP contribution < -0.4 is 15.5 Å². The van der Waals surface area contributed by atoms with Crippen molar-refractivity contribution in [3.05, 3.63) is 29.8 Å². The predicted octanol–water partition coefficient (Wildman–Crippen LogP) is 3.24. The van der Waals surface area contributed by atoms with Crippen LogP contribution in [0.1, 0.15) is 45.2 Å². The molecule has 29 heavy (non-hydrogen) atoms. The molecule has 164 valence electrons. The Morgan fingerprint density at radius 1 is 1.17 bits per heavy atom. The van der Waals surface area contributed by atoms with Crippen LogP contribution in [0.3, 0.4) is 0 Å². The molecule has 0 bridgehead atoms. The highest BCUT2D eigenvalue weighted by atomic mass is 127. The quantitative estimate of drug-likeness (QED) is 0.346. The first kappa shape index (κ1) is 24.2.